The van der Waals surface area contributed by atoms with Gasteiger partial charge in [0.25, 0.3) is 11.8 Å². The minimum absolute atomic E-state index is 0.131. The largest absolute Gasteiger partial charge is 0.497 e. The van der Waals surface area contributed by atoms with Gasteiger partial charge in [-0.2, -0.15) is 0 Å². The second-order valence-electron chi connectivity index (χ2n) is 5.79. The summed E-state index contributed by atoms with van der Waals surface area (Å²) in [4.78, 5) is 38.5. The predicted octanol–water partition coefficient (Wildman–Crippen LogP) is 2.06. The molecular weight excluding hydrogens is 350 g/mol. The molecule has 0 unspecified atom stereocenters. The lowest BCUT2D eigenvalue weighted by atomic mass is 9.96. The highest BCUT2D eigenvalue weighted by Crippen LogP contribution is 2.29. The number of amides is 2. The number of carbonyl (C=O) groups excluding carboxylic acids is 3. The quantitative estimate of drug-likeness (QED) is 0.440. The third-order valence-corrected chi connectivity index (χ3v) is 4.14. The van der Waals surface area contributed by atoms with Crippen LogP contribution in [0.4, 0.5) is 0 Å². The van der Waals surface area contributed by atoms with Crippen molar-refractivity contribution in [3.05, 3.63) is 60.2 Å². The van der Waals surface area contributed by atoms with E-state index in [0.717, 1.165) is 4.90 Å². The standard InChI is InChI=1S/C20H19NO6/c1-3-26-20(24)16-17(27-15-11-9-14(25-2)10-12-15)19(23)21(16)18(22)13-7-5-4-6-8-13/h4-12,16-17H,3H2,1-2H3/t16-,17-/m1/s1. The van der Waals surface area contributed by atoms with Gasteiger partial charge in [-0.3, -0.25) is 14.5 Å². The van der Waals surface area contributed by atoms with Crippen LogP contribution in [0.15, 0.2) is 54.6 Å². The molecule has 0 spiro atoms. The first-order valence-corrected chi connectivity index (χ1v) is 8.46. The summed E-state index contributed by atoms with van der Waals surface area (Å²) in [5.74, 6) is -0.814. The Labute approximate surface area is 156 Å². The predicted molar refractivity (Wildman–Crippen MR) is 95.4 cm³/mol. The minimum Gasteiger partial charge on any atom is -0.497 e. The highest BCUT2D eigenvalue weighted by molar-refractivity contribution is 6.14. The zero-order valence-electron chi connectivity index (χ0n) is 15.0. The monoisotopic (exact) mass is 369 g/mol. The van der Waals surface area contributed by atoms with Crippen LogP contribution in [-0.4, -0.2) is 48.5 Å². The topological polar surface area (TPSA) is 82.1 Å². The van der Waals surface area contributed by atoms with Gasteiger partial charge in [-0.25, -0.2) is 4.79 Å². The van der Waals surface area contributed by atoms with Crippen LogP contribution in [0.5, 0.6) is 11.5 Å². The molecule has 0 N–H and O–H groups in total. The van der Waals surface area contributed by atoms with Crippen molar-refractivity contribution < 1.29 is 28.6 Å². The van der Waals surface area contributed by atoms with Crippen LogP contribution in [0.25, 0.3) is 0 Å². The summed E-state index contributed by atoms with van der Waals surface area (Å²) < 4.78 is 15.8. The van der Waals surface area contributed by atoms with Crippen LogP contribution >= 0.6 is 0 Å². The Morgan fingerprint density at radius 1 is 1.00 bits per heavy atom. The minimum atomic E-state index is -1.13. The third kappa shape index (κ3) is 3.62. The first-order valence-electron chi connectivity index (χ1n) is 8.46. The Bertz CT molecular complexity index is 833. The average molecular weight is 369 g/mol. The summed E-state index contributed by atoms with van der Waals surface area (Å²) >= 11 is 0. The van der Waals surface area contributed by atoms with Crippen molar-refractivity contribution in [2.45, 2.75) is 19.1 Å². The Balaban J connectivity index is 1.82. The molecule has 2 aromatic carbocycles. The SMILES string of the molecule is CCOC(=O)[C@H]1[C@@H](Oc2ccc(OC)cc2)C(=O)N1C(=O)c1ccccc1. The summed E-state index contributed by atoms with van der Waals surface area (Å²) in [5, 5.41) is 0. The van der Waals surface area contributed by atoms with Gasteiger partial charge in [-0.05, 0) is 43.3 Å². The Hall–Kier alpha value is -3.35. The number of esters is 1. The zero-order valence-corrected chi connectivity index (χ0v) is 15.0. The molecule has 7 nitrogen and oxygen atoms in total. The molecule has 1 saturated heterocycles. The van der Waals surface area contributed by atoms with Crippen molar-refractivity contribution in [3.8, 4) is 11.5 Å². The fourth-order valence-corrected chi connectivity index (χ4v) is 2.78. The summed E-state index contributed by atoms with van der Waals surface area (Å²) in [6.45, 7) is 1.78. The molecule has 1 heterocycles. The number of rotatable bonds is 6. The van der Waals surface area contributed by atoms with Crippen LogP contribution in [-0.2, 0) is 14.3 Å². The first-order chi connectivity index (χ1) is 13.1. The van der Waals surface area contributed by atoms with Crippen LogP contribution in [0, 0.1) is 0 Å². The van der Waals surface area contributed by atoms with Crippen LogP contribution in [0.1, 0.15) is 17.3 Å². The van der Waals surface area contributed by atoms with Crippen LogP contribution in [0.2, 0.25) is 0 Å². The number of ether oxygens (including phenoxy) is 3. The Kier molecular flexibility index (Phi) is 5.40. The number of carbonyl (C=O) groups is 3. The zero-order chi connectivity index (χ0) is 19.4. The van der Waals surface area contributed by atoms with Gasteiger partial charge in [0.15, 0.2) is 6.04 Å². The van der Waals surface area contributed by atoms with Crippen molar-refractivity contribution in [2.75, 3.05) is 13.7 Å². The van der Waals surface area contributed by atoms with Gasteiger partial charge < -0.3 is 14.2 Å². The van der Waals surface area contributed by atoms with E-state index in [0.29, 0.717) is 17.1 Å². The molecule has 2 aromatic rings. The van der Waals surface area contributed by atoms with Gasteiger partial charge in [0.2, 0.25) is 6.10 Å². The molecule has 0 bridgehead atoms. The molecule has 3 rings (SSSR count). The maximum atomic E-state index is 12.7. The lowest BCUT2D eigenvalue weighted by molar-refractivity contribution is -0.174. The fourth-order valence-electron chi connectivity index (χ4n) is 2.78. The molecule has 1 aliphatic rings. The van der Waals surface area contributed by atoms with Crippen molar-refractivity contribution in [2.24, 2.45) is 0 Å². The number of likely N-dealkylation sites (tertiary alicyclic amines) is 1. The molecule has 0 saturated carbocycles. The Morgan fingerprint density at radius 2 is 1.63 bits per heavy atom. The summed E-state index contributed by atoms with van der Waals surface area (Å²) in [7, 11) is 1.54. The number of benzene rings is 2. The van der Waals surface area contributed by atoms with Crippen LogP contribution in [0.3, 0.4) is 0 Å². The van der Waals surface area contributed by atoms with E-state index in [1.165, 1.54) is 7.11 Å². The van der Waals surface area contributed by atoms with Gasteiger partial charge in [0.1, 0.15) is 11.5 Å². The number of imide groups is 1. The van der Waals surface area contributed by atoms with Crippen molar-refractivity contribution in [3.63, 3.8) is 0 Å². The second-order valence-corrected chi connectivity index (χ2v) is 5.79. The Morgan fingerprint density at radius 3 is 2.22 bits per heavy atom. The molecule has 2 amide bonds. The van der Waals surface area contributed by atoms with E-state index in [9.17, 15) is 14.4 Å². The van der Waals surface area contributed by atoms with E-state index in [1.807, 2.05) is 0 Å². The van der Waals surface area contributed by atoms with E-state index in [1.54, 1.807) is 61.5 Å². The highest BCUT2D eigenvalue weighted by Gasteiger charge is 2.57. The molecule has 0 aromatic heterocycles. The van der Waals surface area contributed by atoms with Gasteiger partial charge >= 0.3 is 5.97 Å². The molecule has 1 fully saturated rings. The van der Waals surface area contributed by atoms with Crippen LogP contribution < -0.4 is 9.47 Å². The molecule has 140 valence electrons. The third-order valence-electron chi connectivity index (χ3n) is 4.14. The van der Waals surface area contributed by atoms with Gasteiger partial charge in [-0.15, -0.1) is 0 Å². The van der Waals surface area contributed by atoms with Gasteiger partial charge in [0.05, 0.1) is 13.7 Å². The summed E-state index contributed by atoms with van der Waals surface area (Å²) in [6.07, 6.45) is -1.12. The number of methoxy groups -OCH3 is 1. The average Bonchev–Trinajstić information content (AvgIpc) is 2.70. The smallest absolute Gasteiger partial charge is 0.333 e. The second kappa shape index (κ2) is 7.90. The van der Waals surface area contributed by atoms with Crippen molar-refractivity contribution in [1.29, 1.82) is 0 Å². The van der Waals surface area contributed by atoms with E-state index < -0.39 is 29.9 Å². The molecule has 0 radical (unpaired) electrons. The van der Waals surface area contributed by atoms with E-state index >= 15 is 0 Å². The van der Waals surface area contributed by atoms with E-state index in [4.69, 9.17) is 14.2 Å². The first kappa shape index (κ1) is 18.4. The number of nitrogens with zero attached hydrogens (tertiary/aromatic N) is 1. The summed E-state index contributed by atoms with van der Waals surface area (Å²) in [6, 6.07) is 13.7. The molecule has 7 heteroatoms. The molecule has 2 atom stereocenters. The maximum absolute atomic E-state index is 12.7. The fraction of sp³-hybridized carbons (Fsp3) is 0.250. The number of hydrogen-bond acceptors (Lipinski definition) is 6. The lowest BCUT2D eigenvalue weighted by Gasteiger charge is -2.42. The van der Waals surface area contributed by atoms with E-state index in [-0.39, 0.29) is 6.61 Å². The van der Waals surface area contributed by atoms with Gasteiger partial charge in [0, 0.05) is 5.56 Å². The molecule has 0 aliphatic carbocycles. The lowest BCUT2D eigenvalue weighted by Crippen LogP contribution is -2.71. The number of β-lactam (4-membered cyclic amide) rings is 1. The highest BCUT2D eigenvalue weighted by atomic mass is 16.5. The molecule has 1 aliphatic heterocycles. The van der Waals surface area contributed by atoms with Crippen molar-refractivity contribution in [1.82, 2.24) is 4.90 Å². The van der Waals surface area contributed by atoms with Crippen molar-refractivity contribution >= 4 is 17.8 Å². The number of hydrogen-bond donors (Lipinski definition) is 0. The maximum Gasteiger partial charge on any atom is 0.333 e. The molecule has 27 heavy (non-hydrogen) atoms. The normalized spacial score (nSPS) is 18.4. The molecular formula is C20H19NO6. The summed E-state index contributed by atoms with van der Waals surface area (Å²) in [5.41, 5.74) is 0.308. The van der Waals surface area contributed by atoms with Gasteiger partial charge in [-0.1, -0.05) is 18.2 Å². The van der Waals surface area contributed by atoms with E-state index in [2.05, 4.69) is 0 Å².